The zero-order valence-corrected chi connectivity index (χ0v) is 16.0. The fraction of sp³-hybridized carbons (Fsp3) is 0.105. The average molecular weight is 422 g/mol. The number of carbonyl (C=O) groups is 2. The van der Waals surface area contributed by atoms with E-state index in [4.69, 9.17) is 12.2 Å². The number of benzene rings is 2. The fourth-order valence-electron chi connectivity index (χ4n) is 2.53. The standard InChI is InChI=1S/C19H13F3N2O2S2/c1-11(25)23-14-7-5-12(6-8-14)9-16-17(26)24(18(27)28-16)15-4-2-3-13(10-15)19(20,21)22/h2-10H,1H3,(H,23,25)/b16-9+. The van der Waals surface area contributed by atoms with Crippen LogP contribution in [0.3, 0.4) is 0 Å². The zero-order chi connectivity index (χ0) is 20.5. The molecular weight excluding hydrogens is 409 g/mol. The number of nitrogens with zero attached hydrogens (tertiary/aromatic N) is 1. The van der Waals surface area contributed by atoms with Gasteiger partial charge in [0.1, 0.15) is 0 Å². The van der Waals surface area contributed by atoms with E-state index in [0.29, 0.717) is 16.2 Å². The Morgan fingerprint density at radius 2 is 1.86 bits per heavy atom. The molecule has 0 atom stereocenters. The predicted octanol–water partition coefficient (Wildman–Crippen LogP) is 5.07. The molecule has 1 aliphatic heterocycles. The maximum atomic E-state index is 12.9. The Hall–Kier alpha value is -2.65. The highest BCUT2D eigenvalue weighted by Crippen LogP contribution is 2.38. The van der Waals surface area contributed by atoms with Gasteiger partial charge in [0, 0.05) is 12.6 Å². The Morgan fingerprint density at radius 1 is 1.18 bits per heavy atom. The molecule has 3 rings (SSSR count). The SMILES string of the molecule is CC(=O)Nc1ccc(/C=C2/SC(=S)N(c3cccc(C(F)(F)F)c3)C2=O)cc1. The molecule has 0 spiro atoms. The van der Waals surface area contributed by atoms with Crippen molar-refractivity contribution in [2.45, 2.75) is 13.1 Å². The van der Waals surface area contributed by atoms with Crippen LogP contribution in [0.2, 0.25) is 0 Å². The summed E-state index contributed by atoms with van der Waals surface area (Å²) in [5.74, 6) is -0.685. The smallest absolute Gasteiger partial charge is 0.326 e. The van der Waals surface area contributed by atoms with Crippen molar-refractivity contribution in [2.24, 2.45) is 0 Å². The molecule has 2 amide bonds. The third-order valence-electron chi connectivity index (χ3n) is 3.75. The van der Waals surface area contributed by atoms with Crippen LogP contribution in [0.15, 0.2) is 53.4 Å². The van der Waals surface area contributed by atoms with E-state index in [2.05, 4.69) is 5.32 Å². The van der Waals surface area contributed by atoms with Crippen LogP contribution in [0.5, 0.6) is 0 Å². The van der Waals surface area contributed by atoms with Gasteiger partial charge < -0.3 is 5.32 Å². The van der Waals surface area contributed by atoms with Gasteiger partial charge in [0.2, 0.25) is 5.91 Å². The molecule has 1 N–H and O–H groups in total. The van der Waals surface area contributed by atoms with Gasteiger partial charge in [-0.1, -0.05) is 42.2 Å². The molecule has 1 fully saturated rings. The summed E-state index contributed by atoms with van der Waals surface area (Å²) in [6.07, 6.45) is -2.91. The fourth-order valence-corrected chi connectivity index (χ4v) is 3.83. The van der Waals surface area contributed by atoms with E-state index < -0.39 is 17.6 Å². The van der Waals surface area contributed by atoms with Gasteiger partial charge in [0.25, 0.3) is 5.91 Å². The van der Waals surface area contributed by atoms with E-state index in [0.717, 1.165) is 28.8 Å². The Morgan fingerprint density at radius 3 is 2.46 bits per heavy atom. The summed E-state index contributed by atoms with van der Waals surface area (Å²) in [7, 11) is 0. The maximum Gasteiger partial charge on any atom is 0.416 e. The lowest BCUT2D eigenvalue weighted by Gasteiger charge is -2.16. The monoisotopic (exact) mass is 422 g/mol. The number of rotatable bonds is 3. The van der Waals surface area contributed by atoms with E-state index in [1.165, 1.54) is 19.1 Å². The molecule has 2 aromatic rings. The molecule has 0 aromatic heterocycles. The first-order valence-corrected chi connectivity index (χ1v) is 9.20. The van der Waals surface area contributed by atoms with Gasteiger partial charge in [-0.05, 0) is 42.0 Å². The van der Waals surface area contributed by atoms with Crippen LogP contribution >= 0.6 is 24.0 Å². The highest BCUT2D eigenvalue weighted by atomic mass is 32.2. The lowest BCUT2D eigenvalue weighted by Crippen LogP contribution is -2.27. The van der Waals surface area contributed by atoms with Crippen molar-refractivity contribution in [3.8, 4) is 0 Å². The average Bonchev–Trinajstić information content (AvgIpc) is 2.89. The number of anilines is 2. The second-order valence-corrected chi connectivity index (χ2v) is 7.54. The molecular formula is C19H13F3N2O2S2. The molecule has 4 nitrogen and oxygen atoms in total. The summed E-state index contributed by atoms with van der Waals surface area (Å²) in [5, 5.41) is 2.63. The predicted molar refractivity (Wildman–Crippen MR) is 108 cm³/mol. The van der Waals surface area contributed by atoms with Crippen LogP contribution in [0.1, 0.15) is 18.1 Å². The minimum atomic E-state index is -4.51. The molecule has 28 heavy (non-hydrogen) atoms. The minimum absolute atomic E-state index is 0.0710. The van der Waals surface area contributed by atoms with Crippen molar-refractivity contribution < 1.29 is 22.8 Å². The quantitative estimate of drug-likeness (QED) is 0.554. The van der Waals surface area contributed by atoms with Gasteiger partial charge in [-0.15, -0.1) is 0 Å². The van der Waals surface area contributed by atoms with Gasteiger partial charge in [-0.25, -0.2) is 0 Å². The first-order chi connectivity index (χ1) is 13.1. The first kappa shape index (κ1) is 20.1. The maximum absolute atomic E-state index is 12.9. The number of thiocarbonyl (C=S) groups is 1. The van der Waals surface area contributed by atoms with Crippen molar-refractivity contribution >= 4 is 57.6 Å². The number of hydrogen-bond acceptors (Lipinski definition) is 4. The van der Waals surface area contributed by atoms with Gasteiger partial charge >= 0.3 is 6.18 Å². The summed E-state index contributed by atoms with van der Waals surface area (Å²) >= 11 is 6.21. The molecule has 9 heteroatoms. The van der Waals surface area contributed by atoms with Crippen LogP contribution in [-0.2, 0) is 15.8 Å². The largest absolute Gasteiger partial charge is 0.416 e. The summed E-state index contributed by atoms with van der Waals surface area (Å²) in [4.78, 5) is 25.1. The zero-order valence-electron chi connectivity index (χ0n) is 14.4. The molecule has 144 valence electrons. The van der Waals surface area contributed by atoms with Crippen LogP contribution in [0, 0.1) is 0 Å². The van der Waals surface area contributed by atoms with Crippen molar-refractivity contribution in [3.63, 3.8) is 0 Å². The first-order valence-electron chi connectivity index (χ1n) is 7.98. The third kappa shape index (κ3) is 4.42. The van der Waals surface area contributed by atoms with E-state index in [1.807, 2.05) is 0 Å². The highest BCUT2D eigenvalue weighted by molar-refractivity contribution is 8.27. The Bertz CT molecular complexity index is 985. The van der Waals surface area contributed by atoms with Crippen molar-refractivity contribution in [1.29, 1.82) is 0 Å². The summed E-state index contributed by atoms with van der Waals surface area (Å²) in [5.41, 5.74) is 0.526. The van der Waals surface area contributed by atoms with E-state index in [1.54, 1.807) is 30.3 Å². The molecule has 1 saturated heterocycles. The van der Waals surface area contributed by atoms with Gasteiger partial charge in [-0.3, -0.25) is 14.5 Å². The number of carbonyl (C=O) groups excluding carboxylic acids is 2. The van der Waals surface area contributed by atoms with Gasteiger partial charge in [0.15, 0.2) is 4.32 Å². The topological polar surface area (TPSA) is 49.4 Å². The highest BCUT2D eigenvalue weighted by Gasteiger charge is 2.36. The molecule has 2 aromatic carbocycles. The van der Waals surface area contributed by atoms with Crippen LogP contribution in [0.25, 0.3) is 6.08 Å². The number of nitrogens with one attached hydrogen (secondary N) is 1. The molecule has 0 saturated carbocycles. The molecule has 0 unspecified atom stereocenters. The van der Waals surface area contributed by atoms with Gasteiger partial charge in [-0.2, -0.15) is 13.2 Å². The summed E-state index contributed by atoms with van der Waals surface area (Å²) in [6, 6.07) is 11.3. The van der Waals surface area contributed by atoms with Crippen LogP contribution in [0.4, 0.5) is 24.5 Å². The molecule has 0 aliphatic carbocycles. The second kappa shape index (κ2) is 7.76. The molecule has 0 bridgehead atoms. The number of alkyl halides is 3. The van der Waals surface area contributed by atoms with Crippen LogP contribution < -0.4 is 10.2 Å². The van der Waals surface area contributed by atoms with E-state index in [9.17, 15) is 22.8 Å². The lowest BCUT2D eigenvalue weighted by molar-refractivity contribution is -0.137. The Kier molecular flexibility index (Phi) is 5.57. The summed E-state index contributed by atoms with van der Waals surface area (Å²) < 4.78 is 39.0. The van der Waals surface area contributed by atoms with Crippen LogP contribution in [-0.4, -0.2) is 16.1 Å². The molecule has 1 aliphatic rings. The lowest BCUT2D eigenvalue weighted by atomic mass is 10.1. The minimum Gasteiger partial charge on any atom is -0.326 e. The van der Waals surface area contributed by atoms with Crippen molar-refractivity contribution in [1.82, 2.24) is 0 Å². The van der Waals surface area contributed by atoms with E-state index in [-0.39, 0.29) is 15.9 Å². The summed E-state index contributed by atoms with van der Waals surface area (Å²) in [6.45, 7) is 1.40. The number of amides is 2. The Balaban J connectivity index is 1.86. The Labute approximate surface area is 168 Å². The molecule has 1 heterocycles. The van der Waals surface area contributed by atoms with Crippen molar-refractivity contribution in [3.05, 3.63) is 64.6 Å². The number of thioether (sulfide) groups is 1. The van der Waals surface area contributed by atoms with Crippen molar-refractivity contribution in [2.75, 3.05) is 10.2 Å². The number of hydrogen-bond donors (Lipinski definition) is 1. The normalized spacial score (nSPS) is 16.0. The second-order valence-electron chi connectivity index (χ2n) is 5.87. The van der Waals surface area contributed by atoms with Gasteiger partial charge in [0.05, 0.1) is 16.2 Å². The third-order valence-corrected chi connectivity index (χ3v) is 5.06. The van der Waals surface area contributed by atoms with E-state index >= 15 is 0 Å². The number of halogens is 3. The molecule has 0 radical (unpaired) electrons.